The van der Waals surface area contributed by atoms with E-state index in [2.05, 4.69) is 20.8 Å². The molecule has 4 saturated heterocycles. The maximum atomic E-state index is 14.4. The van der Waals surface area contributed by atoms with Crippen molar-refractivity contribution in [3.8, 4) is 12.1 Å². The number of aliphatic hydroxyl groups is 1. The van der Waals surface area contributed by atoms with E-state index in [9.17, 15) is 14.8 Å². The average Bonchev–Trinajstić information content (AvgIpc) is 3.14. The standard InChI is InChI=1S/C28H35FN8O2S/c29-18-9-28(4-1-6-37(28)11-18)16-39-25-33-23(35-7-3-17-8-27(17,14-35)15-38)32-24(34-25)36-12-26(13-36)5-2-20-21(26)19(10-30)22(31)40-20/h17-18,38H,1-9,11-16,31H2/t17?,18?,27?,28-/m0/s1. The third kappa shape index (κ3) is 3.59. The quantitative estimate of drug-likeness (QED) is 0.537. The number of rotatable bonds is 6. The second kappa shape index (κ2) is 8.63. The molecule has 2 aliphatic carbocycles. The molecule has 5 fully saturated rings. The van der Waals surface area contributed by atoms with Gasteiger partial charge in [-0.05, 0) is 56.6 Å². The summed E-state index contributed by atoms with van der Waals surface area (Å²) in [6, 6.07) is 2.63. The Kier molecular flexibility index (Phi) is 5.39. The summed E-state index contributed by atoms with van der Waals surface area (Å²) in [6.07, 6.45) is 5.66. The van der Waals surface area contributed by atoms with Crippen molar-refractivity contribution in [1.82, 2.24) is 19.9 Å². The van der Waals surface area contributed by atoms with Gasteiger partial charge in [0.15, 0.2) is 0 Å². The van der Waals surface area contributed by atoms with E-state index in [1.807, 2.05) is 0 Å². The van der Waals surface area contributed by atoms with Crippen molar-refractivity contribution < 1.29 is 14.2 Å². The van der Waals surface area contributed by atoms with Crippen molar-refractivity contribution in [2.45, 2.75) is 62.1 Å². The number of ether oxygens (including phenoxy) is 1. The van der Waals surface area contributed by atoms with E-state index in [0.717, 1.165) is 76.8 Å². The molecular formula is C28H35FN8O2S. The summed E-state index contributed by atoms with van der Waals surface area (Å²) in [7, 11) is 0. The van der Waals surface area contributed by atoms with Crippen molar-refractivity contribution in [3.05, 3.63) is 16.0 Å². The van der Waals surface area contributed by atoms with Crippen molar-refractivity contribution in [1.29, 1.82) is 5.26 Å². The molecule has 12 heteroatoms. The van der Waals surface area contributed by atoms with E-state index < -0.39 is 6.17 Å². The SMILES string of the molecule is N#Cc1c(N)sc2c1C1(CC2)CN(c2nc(OC[C@@]34CCCN3CC(F)C4)nc(N3CCC4CC4(CO)C3)n2)C1. The van der Waals surface area contributed by atoms with Gasteiger partial charge < -0.3 is 25.4 Å². The largest absolute Gasteiger partial charge is 0.461 e. The van der Waals surface area contributed by atoms with Crippen LogP contribution >= 0.6 is 11.3 Å². The lowest BCUT2D eigenvalue weighted by atomic mass is 9.74. The summed E-state index contributed by atoms with van der Waals surface area (Å²) in [6.45, 7) is 4.94. The van der Waals surface area contributed by atoms with E-state index in [1.54, 1.807) is 11.3 Å². The molecule has 3 unspecified atom stereocenters. The number of anilines is 3. The zero-order chi connectivity index (χ0) is 27.3. The van der Waals surface area contributed by atoms with Crippen LogP contribution in [0.15, 0.2) is 0 Å². The van der Waals surface area contributed by atoms with Gasteiger partial charge in [-0.25, -0.2) is 4.39 Å². The summed E-state index contributed by atoms with van der Waals surface area (Å²) in [5, 5.41) is 20.5. The molecule has 0 amide bonds. The van der Waals surface area contributed by atoms with Crippen LogP contribution in [0.4, 0.5) is 21.3 Å². The summed E-state index contributed by atoms with van der Waals surface area (Å²) < 4.78 is 20.7. The molecule has 0 bridgehead atoms. The molecule has 6 heterocycles. The van der Waals surface area contributed by atoms with Crippen LogP contribution < -0.4 is 20.3 Å². The minimum Gasteiger partial charge on any atom is -0.461 e. The van der Waals surface area contributed by atoms with Crippen LogP contribution in [0.1, 0.15) is 54.5 Å². The van der Waals surface area contributed by atoms with Gasteiger partial charge in [-0.1, -0.05) is 0 Å². The maximum absolute atomic E-state index is 14.4. The van der Waals surface area contributed by atoms with Gasteiger partial charge in [-0.3, -0.25) is 4.90 Å². The molecule has 0 radical (unpaired) electrons. The normalized spacial score (nSPS) is 33.4. The van der Waals surface area contributed by atoms with Gasteiger partial charge >= 0.3 is 6.01 Å². The Morgan fingerprint density at radius 1 is 1.12 bits per heavy atom. The zero-order valence-electron chi connectivity index (χ0n) is 22.6. The fourth-order valence-corrected chi connectivity index (χ4v) is 9.65. The highest BCUT2D eigenvalue weighted by Crippen LogP contribution is 2.57. The number of aliphatic hydroxyl groups excluding tert-OH is 1. The van der Waals surface area contributed by atoms with Gasteiger partial charge in [0.25, 0.3) is 0 Å². The number of nitrogen functional groups attached to an aromatic ring is 1. The highest BCUT2D eigenvalue weighted by Gasteiger charge is 2.57. The van der Waals surface area contributed by atoms with Gasteiger partial charge in [-0.15, -0.1) is 11.3 Å². The number of nitrogens with zero attached hydrogens (tertiary/aromatic N) is 7. The Hall–Kier alpha value is -2.75. The van der Waals surface area contributed by atoms with Gasteiger partial charge in [0.05, 0.1) is 17.7 Å². The Morgan fingerprint density at radius 3 is 2.75 bits per heavy atom. The maximum Gasteiger partial charge on any atom is 0.323 e. The number of aromatic nitrogens is 3. The molecule has 8 rings (SSSR count). The number of halogens is 1. The van der Waals surface area contributed by atoms with E-state index in [-0.39, 0.29) is 29.0 Å². The summed E-state index contributed by atoms with van der Waals surface area (Å²) in [5.41, 5.74) is 7.51. The average molecular weight is 567 g/mol. The van der Waals surface area contributed by atoms with Crippen molar-refractivity contribution in [3.63, 3.8) is 0 Å². The molecule has 10 nitrogen and oxygen atoms in total. The summed E-state index contributed by atoms with van der Waals surface area (Å²) >= 11 is 1.55. The number of alkyl halides is 1. The van der Waals surface area contributed by atoms with Gasteiger partial charge in [0.2, 0.25) is 11.9 Å². The van der Waals surface area contributed by atoms with Crippen LogP contribution in [-0.4, -0.2) is 89.2 Å². The smallest absolute Gasteiger partial charge is 0.323 e. The number of nitrogens with two attached hydrogens (primary N) is 1. The molecule has 0 aromatic carbocycles. The predicted octanol–water partition coefficient (Wildman–Crippen LogP) is 2.26. The van der Waals surface area contributed by atoms with Crippen LogP contribution in [-0.2, 0) is 11.8 Å². The molecule has 40 heavy (non-hydrogen) atoms. The van der Waals surface area contributed by atoms with Crippen LogP contribution in [0.25, 0.3) is 0 Å². The molecule has 4 aliphatic heterocycles. The minimum absolute atomic E-state index is 0.0526. The van der Waals surface area contributed by atoms with E-state index in [0.29, 0.717) is 48.0 Å². The van der Waals surface area contributed by atoms with Crippen LogP contribution in [0.3, 0.4) is 0 Å². The fourth-order valence-electron chi connectivity index (χ4n) is 8.51. The predicted molar refractivity (Wildman–Crippen MR) is 148 cm³/mol. The number of hydrogen-bond donors (Lipinski definition) is 2. The first kappa shape index (κ1) is 25.0. The first-order valence-corrected chi connectivity index (χ1v) is 15.4. The Morgan fingerprint density at radius 2 is 1.95 bits per heavy atom. The monoisotopic (exact) mass is 566 g/mol. The lowest BCUT2D eigenvalue weighted by Gasteiger charge is -2.48. The summed E-state index contributed by atoms with van der Waals surface area (Å²) in [4.78, 5) is 22.3. The Balaban J connectivity index is 1.08. The first-order chi connectivity index (χ1) is 19.4. The van der Waals surface area contributed by atoms with Gasteiger partial charge in [-0.2, -0.15) is 20.2 Å². The molecule has 4 atom stereocenters. The second-order valence-corrected chi connectivity index (χ2v) is 14.2. The van der Waals surface area contributed by atoms with E-state index in [4.69, 9.17) is 25.4 Å². The molecular weight excluding hydrogens is 531 g/mol. The zero-order valence-corrected chi connectivity index (χ0v) is 23.4. The summed E-state index contributed by atoms with van der Waals surface area (Å²) in [5.74, 6) is 1.74. The molecule has 2 aromatic heterocycles. The third-order valence-electron chi connectivity index (χ3n) is 10.8. The number of hydrogen-bond acceptors (Lipinski definition) is 11. The van der Waals surface area contributed by atoms with E-state index >= 15 is 0 Å². The molecule has 1 spiro atoms. The van der Waals surface area contributed by atoms with Crippen molar-refractivity contribution >= 4 is 28.2 Å². The highest BCUT2D eigenvalue weighted by molar-refractivity contribution is 7.16. The number of piperidine rings is 1. The first-order valence-electron chi connectivity index (χ1n) is 14.6. The number of fused-ring (bicyclic) bond motifs is 4. The Bertz CT molecular complexity index is 1410. The molecule has 6 aliphatic rings. The molecule has 3 N–H and O–H groups in total. The Labute approximate surface area is 237 Å². The van der Waals surface area contributed by atoms with E-state index in [1.165, 1.54) is 4.88 Å². The number of aryl methyl sites for hydroxylation is 1. The third-order valence-corrected chi connectivity index (χ3v) is 11.9. The lowest BCUT2D eigenvalue weighted by molar-refractivity contribution is 0.107. The topological polar surface area (TPSA) is 128 Å². The van der Waals surface area contributed by atoms with Gasteiger partial charge in [0.1, 0.15) is 23.8 Å². The van der Waals surface area contributed by atoms with Crippen LogP contribution in [0, 0.1) is 22.7 Å². The van der Waals surface area contributed by atoms with Crippen LogP contribution in [0.5, 0.6) is 6.01 Å². The van der Waals surface area contributed by atoms with Gasteiger partial charge in [0, 0.05) is 54.9 Å². The number of nitriles is 1. The lowest BCUT2D eigenvalue weighted by Crippen LogP contribution is -2.59. The number of thiophene rings is 1. The molecule has 2 aromatic rings. The van der Waals surface area contributed by atoms with Crippen molar-refractivity contribution in [2.24, 2.45) is 11.3 Å². The minimum atomic E-state index is -0.819. The fraction of sp³-hybridized carbons (Fsp3) is 0.714. The second-order valence-electron chi connectivity index (χ2n) is 13.1. The van der Waals surface area contributed by atoms with Crippen molar-refractivity contribution in [2.75, 3.05) is 68.0 Å². The van der Waals surface area contributed by atoms with Crippen LogP contribution in [0.2, 0.25) is 0 Å². The molecule has 1 saturated carbocycles. The molecule has 212 valence electrons. The highest BCUT2D eigenvalue weighted by atomic mass is 32.1.